The van der Waals surface area contributed by atoms with Crippen LogP contribution in [0.15, 0.2) is 126 Å². The van der Waals surface area contributed by atoms with Gasteiger partial charge in [0.25, 0.3) is 6.71 Å². The maximum atomic E-state index is 7.07. The summed E-state index contributed by atoms with van der Waals surface area (Å²) < 4.78 is 9.86. The molecule has 0 amide bonds. The molecule has 2 aromatic heterocycles. The van der Waals surface area contributed by atoms with E-state index < -0.39 is 0 Å². The predicted octanol–water partition coefficient (Wildman–Crippen LogP) is 18.2. The van der Waals surface area contributed by atoms with Crippen LogP contribution in [0.1, 0.15) is 161 Å². The maximum absolute atomic E-state index is 7.07. The average Bonchev–Trinajstić information content (AvgIpc) is 4.24. The van der Waals surface area contributed by atoms with E-state index in [4.69, 9.17) is 4.42 Å². The Morgan fingerprint density at radius 3 is 1.92 bits per heavy atom. The summed E-state index contributed by atoms with van der Waals surface area (Å²) in [7, 11) is 0. The molecule has 3 atom stereocenters. The number of nitrogens with zero attached hydrogens (tertiary/aromatic N) is 2. The summed E-state index contributed by atoms with van der Waals surface area (Å²) in [5.74, 6) is 0.676. The van der Waals surface area contributed by atoms with Gasteiger partial charge in [0.05, 0.1) is 11.4 Å². The van der Waals surface area contributed by atoms with Crippen molar-refractivity contribution in [1.82, 2.24) is 0 Å². The molecule has 0 radical (unpaired) electrons. The van der Waals surface area contributed by atoms with Gasteiger partial charge in [-0.3, -0.25) is 0 Å². The van der Waals surface area contributed by atoms with Crippen LogP contribution in [0, 0.1) is 23.7 Å². The highest BCUT2D eigenvalue weighted by Crippen LogP contribution is 2.78. The van der Waals surface area contributed by atoms with Gasteiger partial charge in [-0.25, -0.2) is 0 Å². The van der Waals surface area contributed by atoms with Crippen LogP contribution in [-0.4, -0.2) is 6.71 Å². The summed E-state index contributed by atoms with van der Waals surface area (Å²) in [6.45, 7) is 34.4. The van der Waals surface area contributed by atoms with Gasteiger partial charge >= 0.3 is 0 Å². The first-order valence-corrected chi connectivity index (χ1v) is 29.5. The Morgan fingerprint density at radius 2 is 1.22 bits per heavy atom. The van der Waals surface area contributed by atoms with Crippen molar-refractivity contribution in [3.63, 3.8) is 0 Å². The zero-order valence-electron chi connectivity index (χ0n) is 47.4. The van der Waals surface area contributed by atoms with Crippen molar-refractivity contribution in [2.75, 3.05) is 9.80 Å². The minimum Gasteiger partial charge on any atom is -0.454 e. The minimum absolute atomic E-state index is 0.0156. The Morgan fingerprint density at radius 1 is 0.579 bits per heavy atom. The molecule has 0 N–H and O–H groups in total. The SMILES string of the molecule is Cc1cc2c3c(c1)N(c1cccc4c1oc1ccccc14)c1c(sc4cc5c(cc14)C(C)(C)CCC5(C)C)B3c1cc(C(C)(C)C)ccc1N2c1ccc2c(c1)C1(CC3CCC1(C)C3(C)C)c1cc(C(C)(C)C)ccc1-2. The summed E-state index contributed by atoms with van der Waals surface area (Å²) in [5.41, 5.74) is 25.6. The second kappa shape index (κ2) is 14.7. The van der Waals surface area contributed by atoms with Crippen molar-refractivity contribution in [1.29, 1.82) is 0 Å². The smallest absolute Gasteiger partial charge is 0.264 e. The second-order valence-electron chi connectivity index (χ2n) is 28.7. The van der Waals surface area contributed by atoms with Crippen LogP contribution in [0.5, 0.6) is 0 Å². The van der Waals surface area contributed by atoms with Crippen molar-refractivity contribution in [3.05, 3.63) is 160 Å². The van der Waals surface area contributed by atoms with Crippen molar-refractivity contribution in [2.45, 2.75) is 156 Å². The number of aryl methyl sites for hydroxylation is 1. The fourth-order valence-electron chi connectivity index (χ4n) is 16.7. The molecular formula is C71H73BN2OS. The molecule has 4 aliphatic carbocycles. The lowest BCUT2D eigenvalue weighted by atomic mass is 9.36. The molecule has 7 aromatic carbocycles. The topological polar surface area (TPSA) is 19.6 Å². The molecular weight excluding hydrogens is 940 g/mol. The van der Waals surface area contributed by atoms with Gasteiger partial charge in [-0.1, -0.05) is 157 Å². The Hall–Kier alpha value is -6.04. The van der Waals surface area contributed by atoms with Gasteiger partial charge in [-0.2, -0.15) is 0 Å². The molecule has 0 saturated heterocycles. The number of fused-ring (bicyclic) bond motifs is 18. The van der Waals surface area contributed by atoms with Crippen LogP contribution in [0.4, 0.5) is 34.1 Å². The number of benzene rings is 7. The lowest BCUT2D eigenvalue weighted by Gasteiger charge is -2.49. The van der Waals surface area contributed by atoms with Crippen LogP contribution in [0.2, 0.25) is 0 Å². The van der Waals surface area contributed by atoms with E-state index in [1.165, 1.54) is 125 Å². The van der Waals surface area contributed by atoms with Crippen LogP contribution >= 0.6 is 11.3 Å². The van der Waals surface area contributed by atoms with Crippen LogP contribution in [0.3, 0.4) is 0 Å². The third-order valence-corrected chi connectivity index (χ3v) is 22.8. The Labute approximate surface area is 455 Å². The molecule has 3 nitrogen and oxygen atoms in total. The molecule has 6 aliphatic rings. The number of hydrogen-bond donors (Lipinski definition) is 0. The van der Waals surface area contributed by atoms with Gasteiger partial charge in [0.1, 0.15) is 5.58 Å². The van der Waals surface area contributed by atoms with E-state index in [1.807, 2.05) is 11.3 Å². The molecule has 2 aliphatic heterocycles. The van der Waals surface area contributed by atoms with Crippen LogP contribution < -0.4 is 25.5 Å². The summed E-state index contributed by atoms with van der Waals surface area (Å²) in [6, 6.07) is 48.5. The normalized spacial score (nSPS) is 23.1. The fraction of sp³-hybridized carbons (Fsp3) is 0.380. The van der Waals surface area contributed by atoms with E-state index >= 15 is 0 Å². The van der Waals surface area contributed by atoms with Gasteiger partial charge in [0, 0.05) is 53.8 Å². The number of thiophene rings is 1. The first-order chi connectivity index (χ1) is 35.9. The Kier molecular flexibility index (Phi) is 9.16. The summed E-state index contributed by atoms with van der Waals surface area (Å²) >= 11 is 2.04. The van der Waals surface area contributed by atoms with Gasteiger partial charge in [0.15, 0.2) is 5.58 Å². The Bertz CT molecular complexity index is 4050. The molecule has 15 rings (SSSR count). The van der Waals surface area contributed by atoms with Crippen molar-refractivity contribution in [2.24, 2.45) is 16.7 Å². The zero-order valence-corrected chi connectivity index (χ0v) is 48.3. The third kappa shape index (κ3) is 5.86. The lowest BCUT2D eigenvalue weighted by Crippen LogP contribution is -2.60. The number of rotatable bonds is 2. The molecule has 4 heterocycles. The van der Waals surface area contributed by atoms with Crippen molar-refractivity contribution < 1.29 is 4.42 Å². The quantitative estimate of drug-likeness (QED) is 0.161. The number of hydrogen-bond acceptors (Lipinski definition) is 4. The fourth-order valence-corrected chi connectivity index (χ4v) is 18.1. The number of furan rings is 1. The van der Waals surface area contributed by atoms with Crippen LogP contribution in [0.25, 0.3) is 43.2 Å². The summed E-state index contributed by atoms with van der Waals surface area (Å²) in [4.78, 5) is 5.36. The number of anilines is 6. The standard InChI is InChI=1S/C71H73BN2OS/c1-40-32-57-61-58(33-40)74(56-20-17-19-48-47-18-15-16-21-59(47)75-63(48)56)62-49-37-52-53(68(10,11)31-30-67(52,8)9)38-60(49)76-64(62)72(61)54-35-42(66(5,6)7)23-27-55(54)73(57)44-24-26-46-45-25-22-41(65(2,3)4)34-50(45)71(51(46)36-44)39-43-28-29-70(71,14)69(43,12)13/h15-27,32-38,43H,28-31,39H2,1-14H3. The lowest BCUT2D eigenvalue weighted by molar-refractivity contribution is 0.0990. The molecule has 2 saturated carbocycles. The average molecular weight is 1010 g/mol. The van der Waals surface area contributed by atoms with E-state index in [2.05, 4.69) is 228 Å². The molecule has 3 unspecified atom stereocenters. The highest BCUT2D eigenvalue weighted by Gasteiger charge is 2.71. The maximum Gasteiger partial charge on any atom is 0.264 e. The third-order valence-electron chi connectivity index (χ3n) is 21.6. The van der Waals surface area contributed by atoms with E-state index in [-0.39, 0.29) is 44.6 Å². The molecule has 76 heavy (non-hydrogen) atoms. The molecule has 1 spiro atoms. The van der Waals surface area contributed by atoms with Crippen LogP contribution in [-0.2, 0) is 27.1 Å². The largest absolute Gasteiger partial charge is 0.454 e. The Balaban J connectivity index is 1.03. The van der Waals surface area contributed by atoms with Crippen molar-refractivity contribution >= 4 is 99.9 Å². The molecule has 9 aromatic rings. The molecule has 382 valence electrons. The first-order valence-electron chi connectivity index (χ1n) is 28.6. The monoisotopic (exact) mass is 1010 g/mol. The number of para-hydroxylation sites is 2. The van der Waals surface area contributed by atoms with Gasteiger partial charge in [-0.05, 0) is 193 Å². The highest BCUT2D eigenvalue weighted by atomic mass is 32.1. The van der Waals surface area contributed by atoms with Crippen molar-refractivity contribution in [3.8, 4) is 11.1 Å². The summed E-state index contributed by atoms with van der Waals surface area (Å²) in [6.07, 6.45) is 6.13. The van der Waals surface area contributed by atoms with E-state index in [9.17, 15) is 0 Å². The molecule has 2 bridgehead atoms. The minimum atomic E-state index is -0.0824. The highest BCUT2D eigenvalue weighted by molar-refractivity contribution is 7.33. The molecule has 2 fully saturated rings. The van der Waals surface area contributed by atoms with E-state index in [0.29, 0.717) is 5.92 Å². The molecule has 5 heteroatoms. The van der Waals surface area contributed by atoms with Gasteiger partial charge < -0.3 is 14.2 Å². The van der Waals surface area contributed by atoms with E-state index in [0.717, 1.165) is 27.6 Å². The van der Waals surface area contributed by atoms with E-state index in [1.54, 1.807) is 11.1 Å². The second-order valence-corrected chi connectivity index (χ2v) is 29.8. The summed E-state index contributed by atoms with van der Waals surface area (Å²) in [5, 5.41) is 3.66. The predicted molar refractivity (Wildman–Crippen MR) is 326 cm³/mol. The van der Waals surface area contributed by atoms with Gasteiger partial charge in [-0.15, -0.1) is 11.3 Å². The first kappa shape index (κ1) is 47.2. The zero-order chi connectivity index (χ0) is 52.8. The van der Waals surface area contributed by atoms with Gasteiger partial charge in [0.2, 0.25) is 0 Å².